The zero-order valence-corrected chi connectivity index (χ0v) is 11.8. The number of pyridine rings is 2. The van der Waals surface area contributed by atoms with E-state index in [0.717, 1.165) is 19.4 Å². The molecule has 1 saturated heterocycles. The molecule has 1 N–H and O–H groups in total. The zero-order valence-electron chi connectivity index (χ0n) is 11.8. The van der Waals surface area contributed by atoms with Crippen LogP contribution in [0.25, 0.3) is 11.0 Å². The third-order valence-corrected chi connectivity index (χ3v) is 3.92. The SMILES string of the molecule is Cn1c(=O)cc(N2CCCC(O)C2)c2nc(C#N)ccc21. The summed E-state index contributed by atoms with van der Waals surface area (Å²) < 4.78 is 1.52. The van der Waals surface area contributed by atoms with Crippen LogP contribution >= 0.6 is 0 Å². The fraction of sp³-hybridized carbons (Fsp3) is 0.400. The van der Waals surface area contributed by atoms with Gasteiger partial charge in [0, 0.05) is 26.2 Å². The van der Waals surface area contributed by atoms with Crippen LogP contribution in [0.1, 0.15) is 18.5 Å². The van der Waals surface area contributed by atoms with E-state index in [1.54, 1.807) is 19.2 Å². The molecule has 2 aromatic heterocycles. The lowest BCUT2D eigenvalue weighted by Gasteiger charge is -2.32. The summed E-state index contributed by atoms with van der Waals surface area (Å²) in [5.41, 5.74) is 2.22. The van der Waals surface area contributed by atoms with E-state index in [2.05, 4.69) is 4.98 Å². The fourth-order valence-corrected chi connectivity index (χ4v) is 2.79. The summed E-state index contributed by atoms with van der Waals surface area (Å²) in [6.45, 7) is 1.26. The summed E-state index contributed by atoms with van der Waals surface area (Å²) in [5.74, 6) is 0. The van der Waals surface area contributed by atoms with Gasteiger partial charge in [-0.1, -0.05) is 0 Å². The van der Waals surface area contributed by atoms with Gasteiger partial charge in [-0.2, -0.15) is 5.26 Å². The largest absolute Gasteiger partial charge is 0.391 e. The number of nitrogens with zero attached hydrogens (tertiary/aromatic N) is 4. The summed E-state index contributed by atoms with van der Waals surface area (Å²) in [5, 5.41) is 18.9. The van der Waals surface area contributed by atoms with E-state index in [1.807, 2.05) is 11.0 Å². The number of aliphatic hydroxyl groups is 1. The van der Waals surface area contributed by atoms with E-state index in [4.69, 9.17) is 5.26 Å². The van der Waals surface area contributed by atoms with Crippen molar-refractivity contribution in [2.24, 2.45) is 7.05 Å². The Labute approximate surface area is 121 Å². The average Bonchev–Trinajstić information content (AvgIpc) is 2.50. The molecule has 1 atom stereocenters. The number of rotatable bonds is 1. The lowest BCUT2D eigenvalue weighted by Crippen LogP contribution is -2.39. The molecule has 3 rings (SSSR count). The van der Waals surface area contributed by atoms with Gasteiger partial charge in [-0.15, -0.1) is 0 Å². The van der Waals surface area contributed by atoms with Gasteiger partial charge in [0.2, 0.25) is 0 Å². The molecule has 108 valence electrons. The van der Waals surface area contributed by atoms with Crippen molar-refractivity contribution in [1.29, 1.82) is 5.26 Å². The number of aliphatic hydroxyl groups excluding tert-OH is 1. The molecule has 0 aliphatic carbocycles. The van der Waals surface area contributed by atoms with Gasteiger partial charge in [0.25, 0.3) is 5.56 Å². The highest BCUT2D eigenvalue weighted by molar-refractivity contribution is 5.88. The molecule has 1 aliphatic heterocycles. The molecule has 1 fully saturated rings. The molecule has 21 heavy (non-hydrogen) atoms. The van der Waals surface area contributed by atoms with Gasteiger partial charge in [-0.05, 0) is 25.0 Å². The van der Waals surface area contributed by atoms with Crippen LogP contribution in [-0.2, 0) is 7.05 Å². The number of anilines is 1. The molecule has 1 unspecified atom stereocenters. The van der Waals surface area contributed by atoms with Gasteiger partial charge in [-0.25, -0.2) is 4.98 Å². The van der Waals surface area contributed by atoms with Crippen LogP contribution in [0.15, 0.2) is 23.0 Å². The second kappa shape index (κ2) is 5.19. The Balaban J connectivity index is 2.23. The minimum Gasteiger partial charge on any atom is -0.391 e. The van der Waals surface area contributed by atoms with E-state index in [1.165, 1.54) is 10.6 Å². The zero-order chi connectivity index (χ0) is 15.0. The maximum Gasteiger partial charge on any atom is 0.252 e. The Kier molecular flexibility index (Phi) is 3.35. The standard InChI is InChI=1S/C15H16N4O2/c1-18-12-5-4-10(8-16)17-15(12)13(7-14(18)21)19-6-2-3-11(20)9-19/h4-5,7,11,20H,2-3,6,9H2,1H3. The number of nitriles is 1. The van der Waals surface area contributed by atoms with Crippen LogP contribution in [0.3, 0.4) is 0 Å². The van der Waals surface area contributed by atoms with Crippen molar-refractivity contribution < 1.29 is 5.11 Å². The van der Waals surface area contributed by atoms with Gasteiger partial charge >= 0.3 is 0 Å². The highest BCUT2D eigenvalue weighted by Gasteiger charge is 2.21. The number of fused-ring (bicyclic) bond motifs is 1. The lowest BCUT2D eigenvalue weighted by atomic mass is 10.1. The quantitative estimate of drug-likeness (QED) is 0.836. The first-order chi connectivity index (χ1) is 10.1. The van der Waals surface area contributed by atoms with Crippen molar-refractivity contribution in [1.82, 2.24) is 9.55 Å². The maximum atomic E-state index is 12.1. The van der Waals surface area contributed by atoms with Crippen LogP contribution in [-0.4, -0.2) is 33.9 Å². The van der Waals surface area contributed by atoms with Crippen molar-refractivity contribution in [2.45, 2.75) is 18.9 Å². The fourth-order valence-electron chi connectivity index (χ4n) is 2.79. The van der Waals surface area contributed by atoms with Crippen LogP contribution in [0, 0.1) is 11.3 Å². The van der Waals surface area contributed by atoms with E-state index < -0.39 is 6.10 Å². The summed E-state index contributed by atoms with van der Waals surface area (Å²) in [6.07, 6.45) is 1.25. The first-order valence-electron chi connectivity index (χ1n) is 6.94. The van der Waals surface area contributed by atoms with Gasteiger partial charge in [0.1, 0.15) is 17.3 Å². The Morgan fingerprint density at radius 1 is 1.48 bits per heavy atom. The molecule has 3 heterocycles. The van der Waals surface area contributed by atoms with Gasteiger partial charge in [0.05, 0.1) is 17.3 Å². The van der Waals surface area contributed by atoms with Crippen LogP contribution < -0.4 is 10.5 Å². The van der Waals surface area contributed by atoms with Crippen molar-refractivity contribution in [3.63, 3.8) is 0 Å². The number of β-amino-alcohol motifs (C(OH)–C–C–N with tert-alkyl or cyclic N) is 1. The van der Waals surface area contributed by atoms with Gasteiger partial charge in [-0.3, -0.25) is 4.79 Å². The molecule has 2 aromatic rings. The Hall–Kier alpha value is -2.39. The minimum atomic E-state index is -0.392. The molecule has 0 aromatic carbocycles. The molecule has 1 aliphatic rings. The van der Waals surface area contributed by atoms with E-state index >= 15 is 0 Å². The first-order valence-corrected chi connectivity index (χ1v) is 6.94. The minimum absolute atomic E-state index is 0.121. The predicted octanol–water partition coefficient (Wildman–Crippen LogP) is 0.766. The first kappa shape index (κ1) is 13.6. The number of hydrogen-bond donors (Lipinski definition) is 1. The van der Waals surface area contributed by atoms with Gasteiger partial charge < -0.3 is 14.6 Å². The Bertz CT molecular complexity index is 791. The van der Waals surface area contributed by atoms with Crippen molar-refractivity contribution in [3.05, 3.63) is 34.2 Å². The normalized spacial score (nSPS) is 18.7. The molecule has 0 saturated carbocycles. The monoisotopic (exact) mass is 284 g/mol. The number of aryl methyl sites for hydroxylation is 1. The third-order valence-electron chi connectivity index (χ3n) is 3.92. The second-order valence-corrected chi connectivity index (χ2v) is 5.34. The van der Waals surface area contributed by atoms with E-state index in [0.29, 0.717) is 29.0 Å². The summed E-state index contributed by atoms with van der Waals surface area (Å²) in [7, 11) is 1.69. The molecular formula is C15H16N4O2. The lowest BCUT2D eigenvalue weighted by molar-refractivity contribution is 0.154. The highest BCUT2D eigenvalue weighted by Crippen LogP contribution is 2.26. The number of aromatic nitrogens is 2. The van der Waals surface area contributed by atoms with E-state index in [9.17, 15) is 9.90 Å². The van der Waals surface area contributed by atoms with Gasteiger partial charge in [0.15, 0.2) is 0 Å². The topological polar surface area (TPSA) is 82.2 Å². The average molecular weight is 284 g/mol. The number of hydrogen-bond acceptors (Lipinski definition) is 5. The smallest absolute Gasteiger partial charge is 0.252 e. The third kappa shape index (κ3) is 2.36. The van der Waals surface area contributed by atoms with Crippen molar-refractivity contribution >= 4 is 16.7 Å². The molecule has 6 nitrogen and oxygen atoms in total. The van der Waals surface area contributed by atoms with E-state index in [-0.39, 0.29) is 5.56 Å². The second-order valence-electron chi connectivity index (χ2n) is 5.34. The summed E-state index contributed by atoms with van der Waals surface area (Å²) in [4.78, 5) is 18.4. The molecule has 0 bridgehead atoms. The molecule has 0 spiro atoms. The number of piperidine rings is 1. The van der Waals surface area contributed by atoms with Crippen LogP contribution in [0.5, 0.6) is 0 Å². The molecule has 6 heteroatoms. The Morgan fingerprint density at radius 2 is 2.29 bits per heavy atom. The molecule has 0 amide bonds. The Morgan fingerprint density at radius 3 is 3.00 bits per heavy atom. The predicted molar refractivity (Wildman–Crippen MR) is 79.2 cm³/mol. The molecular weight excluding hydrogens is 268 g/mol. The van der Waals surface area contributed by atoms with Crippen LogP contribution in [0.2, 0.25) is 0 Å². The van der Waals surface area contributed by atoms with Crippen molar-refractivity contribution in [3.8, 4) is 6.07 Å². The van der Waals surface area contributed by atoms with Crippen LogP contribution in [0.4, 0.5) is 5.69 Å². The molecule has 0 radical (unpaired) electrons. The highest BCUT2D eigenvalue weighted by atomic mass is 16.3. The summed E-state index contributed by atoms with van der Waals surface area (Å²) in [6, 6.07) is 6.91. The maximum absolute atomic E-state index is 12.1. The summed E-state index contributed by atoms with van der Waals surface area (Å²) >= 11 is 0. The van der Waals surface area contributed by atoms with Crippen molar-refractivity contribution in [2.75, 3.05) is 18.0 Å².